The van der Waals surface area contributed by atoms with Crippen molar-refractivity contribution < 1.29 is 14.7 Å². The van der Waals surface area contributed by atoms with Crippen molar-refractivity contribution in [1.82, 2.24) is 5.32 Å². The maximum Gasteiger partial charge on any atom is 0.337 e. The third-order valence-electron chi connectivity index (χ3n) is 2.24. The summed E-state index contributed by atoms with van der Waals surface area (Å²) in [6, 6.07) is 3.82. The third kappa shape index (κ3) is 4.90. The van der Waals surface area contributed by atoms with Crippen molar-refractivity contribution in [1.29, 1.82) is 0 Å². The molecule has 0 aliphatic heterocycles. The van der Waals surface area contributed by atoms with E-state index in [0.29, 0.717) is 25.1 Å². The number of terminal acetylenes is 1. The lowest BCUT2D eigenvalue weighted by Gasteiger charge is -2.08. The smallest absolute Gasteiger partial charge is 0.337 e. The molecule has 0 saturated carbocycles. The van der Waals surface area contributed by atoms with E-state index in [2.05, 4.69) is 16.6 Å². The zero-order chi connectivity index (χ0) is 14.3. The molecule has 0 aromatic heterocycles. The predicted molar refractivity (Wildman–Crippen MR) is 73.5 cm³/mol. The number of amides is 2. The molecule has 0 fully saturated rings. The Morgan fingerprint density at radius 1 is 1.42 bits per heavy atom. The van der Waals surface area contributed by atoms with Crippen molar-refractivity contribution in [2.45, 2.75) is 12.8 Å². The number of carboxylic acid groups (broad SMARTS) is 1. The number of hydrogen-bond acceptors (Lipinski definition) is 2. The van der Waals surface area contributed by atoms with E-state index in [1.54, 1.807) is 0 Å². The molecule has 0 bridgehead atoms. The van der Waals surface area contributed by atoms with Crippen molar-refractivity contribution in [2.75, 3.05) is 11.9 Å². The normalized spacial score (nSPS) is 9.47. The van der Waals surface area contributed by atoms with E-state index in [9.17, 15) is 9.59 Å². The highest BCUT2D eigenvalue weighted by Gasteiger charge is 2.10. The van der Waals surface area contributed by atoms with Crippen LogP contribution in [0.25, 0.3) is 0 Å². The van der Waals surface area contributed by atoms with Crippen LogP contribution in [0, 0.1) is 12.3 Å². The van der Waals surface area contributed by atoms with Gasteiger partial charge >= 0.3 is 12.0 Å². The van der Waals surface area contributed by atoms with Crippen LogP contribution in [-0.4, -0.2) is 23.7 Å². The summed E-state index contributed by atoms with van der Waals surface area (Å²) in [5.74, 6) is 1.32. The minimum atomic E-state index is -1.15. The molecular weight excluding hydrogens is 268 g/mol. The Morgan fingerprint density at radius 2 is 2.16 bits per heavy atom. The third-order valence-corrected chi connectivity index (χ3v) is 2.57. The fourth-order valence-electron chi connectivity index (χ4n) is 1.33. The fourth-order valence-corrected chi connectivity index (χ4v) is 1.53. The Kier molecular flexibility index (Phi) is 5.71. The molecule has 0 radical (unpaired) electrons. The van der Waals surface area contributed by atoms with Gasteiger partial charge in [0.05, 0.1) is 10.6 Å². The van der Waals surface area contributed by atoms with Crippen LogP contribution in [0.4, 0.5) is 10.5 Å². The largest absolute Gasteiger partial charge is 0.478 e. The zero-order valence-corrected chi connectivity index (χ0v) is 10.8. The van der Waals surface area contributed by atoms with E-state index >= 15 is 0 Å². The first-order chi connectivity index (χ1) is 9.04. The predicted octanol–water partition coefficient (Wildman–Crippen LogP) is 2.57. The summed E-state index contributed by atoms with van der Waals surface area (Å²) in [7, 11) is 0. The first kappa shape index (κ1) is 14.9. The quantitative estimate of drug-likeness (QED) is 0.573. The highest BCUT2D eigenvalue weighted by atomic mass is 35.5. The number of urea groups is 1. The van der Waals surface area contributed by atoms with Crippen LogP contribution >= 0.6 is 11.6 Å². The number of hydrogen-bond donors (Lipinski definition) is 3. The fraction of sp³-hybridized carbons (Fsp3) is 0.231. The average Bonchev–Trinajstić information content (AvgIpc) is 2.36. The molecule has 0 unspecified atom stereocenters. The van der Waals surface area contributed by atoms with E-state index < -0.39 is 12.0 Å². The van der Waals surface area contributed by atoms with Gasteiger partial charge in [0.15, 0.2) is 0 Å². The topological polar surface area (TPSA) is 78.4 Å². The number of benzene rings is 1. The van der Waals surface area contributed by atoms with Gasteiger partial charge in [-0.2, -0.15) is 0 Å². The van der Waals surface area contributed by atoms with Gasteiger partial charge in [-0.25, -0.2) is 9.59 Å². The molecule has 0 saturated heterocycles. The summed E-state index contributed by atoms with van der Waals surface area (Å²) >= 11 is 5.72. The van der Waals surface area contributed by atoms with Gasteiger partial charge in [-0.15, -0.1) is 12.3 Å². The number of rotatable bonds is 5. The highest BCUT2D eigenvalue weighted by molar-refractivity contribution is 6.33. The number of carbonyl (C=O) groups excluding carboxylic acids is 1. The molecule has 6 heteroatoms. The van der Waals surface area contributed by atoms with Crippen LogP contribution in [0.15, 0.2) is 18.2 Å². The zero-order valence-electron chi connectivity index (χ0n) is 10.1. The molecule has 0 aliphatic rings. The summed E-state index contributed by atoms with van der Waals surface area (Å²) in [6.45, 7) is 0.454. The molecule has 1 aromatic rings. The Bertz CT molecular complexity index is 523. The number of carbonyl (C=O) groups is 2. The van der Waals surface area contributed by atoms with E-state index in [4.69, 9.17) is 23.1 Å². The summed E-state index contributed by atoms with van der Waals surface area (Å²) in [5, 5.41) is 14.1. The number of halogens is 1. The average molecular weight is 281 g/mol. The first-order valence-electron chi connectivity index (χ1n) is 5.55. The number of nitrogens with one attached hydrogen (secondary N) is 2. The van der Waals surface area contributed by atoms with Crippen LogP contribution in [0.3, 0.4) is 0 Å². The molecule has 1 rings (SSSR count). The van der Waals surface area contributed by atoms with E-state index in [1.807, 2.05) is 0 Å². The molecule has 0 aliphatic carbocycles. The van der Waals surface area contributed by atoms with E-state index in [0.717, 1.165) is 0 Å². The van der Waals surface area contributed by atoms with Crippen LogP contribution in [0.1, 0.15) is 23.2 Å². The number of carboxylic acids is 1. The van der Waals surface area contributed by atoms with Gasteiger partial charge in [0.25, 0.3) is 0 Å². The Labute approximate surface area is 116 Å². The van der Waals surface area contributed by atoms with E-state index in [-0.39, 0.29) is 10.6 Å². The second kappa shape index (κ2) is 7.29. The van der Waals surface area contributed by atoms with Crippen molar-refractivity contribution in [3.63, 3.8) is 0 Å². The van der Waals surface area contributed by atoms with Gasteiger partial charge in [0, 0.05) is 18.7 Å². The molecule has 2 amide bonds. The van der Waals surface area contributed by atoms with Gasteiger partial charge in [0.2, 0.25) is 0 Å². The first-order valence-corrected chi connectivity index (χ1v) is 5.93. The summed E-state index contributed by atoms with van der Waals surface area (Å²) in [5.41, 5.74) is 0.294. The van der Waals surface area contributed by atoms with Crippen LogP contribution in [-0.2, 0) is 0 Å². The van der Waals surface area contributed by atoms with Crippen LogP contribution < -0.4 is 10.6 Å². The number of aromatic carboxylic acids is 1. The van der Waals surface area contributed by atoms with Crippen molar-refractivity contribution in [2.24, 2.45) is 0 Å². The molecule has 100 valence electrons. The van der Waals surface area contributed by atoms with Crippen molar-refractivity contribution >= 4 is 29.3 Å². The van der Waals surface area contributed by atoms with Gasteiger partial charge in [-0.3, -0.25) is 0 Å². The molecule has 0 atom stereocenters. The van der Waals surface area contributed by atoms with Crippen molar-refractivity contribution in [3.05, 3.63) is 28.8 Å². The Hall–Kier alpha value is -2.19. The molecule has 0 heterocycles. The molecule has 3 N–H and O–H groups in total. The van der Waals surface area contributed by atoms with Crippen LogP contribution in [0.5, 0.6) is 0 Å². The number of anilines is 1. The van der Waals surface area contributed by atoms with Crippen molar-refractivity contribution in [3.8, 4) is 12.3 Å². The molecule has 5 nitrogen and oxygen atoms in total. The van der Waals surface area contributed by atoms with Gasteiger partial charge in [-0.05, 0) is 24.6 Å². The lowest BCUT2D eigenvalue weighted by molar-refractivity contribution is 0.0697. The molecule has 1 aromatic carbocycles. The number of unbranched alkanes of at least 4 members (excludes halogenated alkanes) is 1. The molecule has 19 heavy (non-hydrogen) atoms. The second-order valence-corrected chi connectivity index (χ2v) is 4.10. The Balaban J connectivity index is 2.58. The minimum Gasteiger partial charge on any atom is -0.478 e. The second-order valence-electron chi connectivity index (χ2n) is 3.69. The monoisotopic (exact) mass is 280 g/mol. The minimum absolute atomic E-state index is 0.0631. The summed E-state index contributed by atoms with van der Waals surface area (Å²) < 4.78 is 0. The summed E-state index contributed by atoms with van der Waals surface area (Å²) in [6.07, 6.45) is 6.35. The van der Waals surface area contributed by atoms with Crippen LogP contribution in [0.2, 0.25) is 5.02 Å². The lowest BCUT2D eigenvalue weighted by Crippen LogP contribution is -2.29. The van der Waals surface area contributed by atoms with E-state index in [1.165, 1.54) is 18.2 Å². The maximum absolute atomic E-state index is 11.5. The standard InChI is InChI=1S/C13H13ClN2O3/c1-2-3-4-7-15-13(19)16-9-5-6-11(14)10(8-9)12(17)18/h1,5-6,8H,3-4,7H2,(H,17,18)(H2,15,16,19). The molecule has 0 spiro atoms. The van der Waals surface area contributed by atoms with Gasteiger partial charge in [-0.1, -0.05) is 11.6 Å². The Morgan fingerprint density at radius 3 is 2.79 bits per heavy atom. The molecular formula is C13H13ClN2O3. The maximum atomic E-state index is 11.5. The SMILES string of the molecule is C#CCCCNC(=O)Nc1ccc(Cl)c(C(=O)O)c1. The van der Waals surface area contributed by atoms with Gasteiger partial charge in [0.1, 0.15) is 0 Å². The highest BCUT2D eigenvalue weighted by Crippen LogP contribution is 2.20. The lowest BCUT2D eigenvalue weighted by atomic mass is 10.2. The summed E-state index contributed by atoms with van der Waals surface area (Å²) in [4.78, 5) is 22.4. The van der Waals surface area contributed by atoms with Gasteiger partial charge < -0.3 is 15.7 Å².